The van der Waals surface area contributed by atoms with Crippen LogP contribution in [-0.2, 0) is 0 Å². The van der Waals surface area contributed by atoms with Gasteiger partial charge in [0, 0.05) is 16.2 Å². The number of halogens is 1. The first-order valence-corrected chi connectivity index (χ1v) is 5.88. The standard InChI is InChI=1S/C12H9BrN2O3/c1-7-6-10(16)11(12(17)18)14-15(7)9-4-2-8(13)3-5-9/h2-6H,1H3,(H,17,18). The molecule has 1 heterocycles. The Hall–Kier alpha value is -1.95. The highest BCUT2D eigenvalue weighted by Gasteiger charge is 2.13. The Morgan fingerprint density at radius 2 is 1.94 bits per heavy atom. The van der Waals surface area contributed by atoms with Crippen LogP contribution >= 0.6 is 15.9 Å². The van der Waals surface area contributed by atoms with Crippen LogP contribution < -0.4 is 5.43 Å². The van der Waals surface area contributed by atoms with E-state index in [4.69, 9.17) is 5.11 Å². The molecule has 0 aliphatic rings. The third-order valence-corrected chi connectivity index (χ3v) is 2.91. The van der Waals surface area contributed by atoms with Gasteiger partial charge in [-0.3, -0.25) is 4.79 Å². The van der Waals surface area contributed by atoms with Crippen molar-refractivity contribution in [3.8, 4) is 5.69 Å². The number of aryl methyl sites for hydroxylation is 1. The first-order valence-electron chi connectivity index (χ1n) is 5.09. The van der Waals surface area contributed by atoms with Gasteiger partial charge in [-0.1, -0.05) is 15.9 Å². The van der Waals surface area contributed by atoms with E-state index in [2.05, 4.69) is 21.0 Å². The summed E-state index contributed by atoms with van der Waals surface area (Å²) < 4.78 is 2.33. The van der Waals surface area contributed by atoms with E-state index in [0.717, 1.165) is 4.47 Å². The summed E-state index contributed by atoms with van der Waals surface area (Å²) in [6, 6.07) is 8.45. The zero-order chi connectivity index (χ0) is 13.3. The largest absolute Gasteiger partial charge is 0.476 e. The summed E-state index contributed by atoms with van der Waals surface area (Å²) in [6.45, 7) is 1.70. The molecule has 92 valence electrons. The molecule has 0 bridgehead atoms. The van der Waals surface area contributed by atoms with Gasteiger partial charge in [-0.25, -0.2) is 9.48 Å². The number of carbonyl (C=O) groups is 1. The SMILES string of the molecule is Cc1cc(=O)c(C(=O)O)nn1-c1ccc(Br)cc1. The van der Waals surface area contributed by atoms with E-state index in [1.165, 1.54) is 10.7 Å². The molecule has 2 aromatic rings. The van der Waals surface area contributed by atoms with Crippen molar-refractivity contribution in [3.05, 3.63) is 56.4 Å². The van der Waals surface area contributed by atoms with Crippen molar-refractivity contribution in [1.82, 2.24) is 9.78 Å². The lowest BCUT2D eigenvalue weighted by Gasteiger charge is -2.09. The van der Waals surface area contributed by atoms with Crippen LogP contribution in [0.5, 0.6) is 0 Å². The normalized spacial score (nSPS) is 10.3. The molecule has 5 nitrogen and oxygen atoms in total. The van der Waals surface area contributed by atoms with Gasteiger partial charge in [0.05, 0.1) is 5.69 Å². The molecule has 0 fully saturated rings. The van der Waals surface area contributed by atoms with E-state index >= 15 is 0 Å². The van der Waals surface area contributed by atoms with Gasteiger partial charge in [-0.15, -0.1) is 0 Å². The average Bonchev–Trinajstić information content (AvgIpc) is 2.30. The Balaban J connectivity index is 2.64. The third kappa shape index (κ3) is 2.33. The molecule has 1 aromatic carbocycles. The first kappa shape index (κ1) is 12.5. The van der Waals surface area contributed by atoms with Gasteiger partial charge in [-0.05, 0) is 31.2 Å². The topological polar surface area (TPSA) is 72.2 Å². The quantitative estimate of drug-likeness (QED) is 0.921. The summed E-state index contributed by atoms with van der Waals surface area (Å²) in [5.74, 6) is -1.33. The molecule has 0 saturated carbocycles. The maximum atomic E-state index is 11.5. The van der Waals surface area contributed by atoms with Crippen molar-refractivity contribution in [2.24, 2.45) is 0 Å². The molecular weight excluding hydrogens is 300 g/mol. The molecule has 1 N–H and O–H groups in total. The molecule has 2 rings (SSSR count). The molecule has 6 heteroatoms. The lowest BCUT2D eigenvalue weighted by atomic mass is 10.3. The molecule has 18 heavy (non-hydrogen) atoms. The molecule has 1 aromatic heterocycles. The Morgan fingerprint density at radius 3 is 2.50 bits per heavy atom. The second-order valence-electron chi connectivity index (χ2n) is 3.69. The van der Waals surface area contributed by atoms with E-state index in [1.807, 2.05) is 12.1 Å². The van der Waals surface area contributed by atoms with Crippen molar-refractivity contribution < 1.29 is 9.90 Å². The predicted octanol–water partition coefficient (Wildman–Crippen LogP) is 2.00. The van der Waals surface area contributed by atoms with Crippen molar-refractivity contribution >= 4 is 21.9 Å². The number of aromatic nitrogens is 2. The van der Waals surface area contributed by atoms with Crippen LogP contribution in [0.3, 0.4) is 0 Å². The maximum absolute atomic E-state index is 11.5. The zero-order valence-corrected chi connectivity index (χ0v) is 11.0. The number of carboxylic acids is 1. The molecule has 0 saturated heterocycles. The minimum Gasteiger partial charge on any atom is -0.476 e. The van der Waals surface area contributed by atoms with Crippen LogP contribution in [0.1, 0.15) is 16.2 Å². The second-order valence-corrected chi connectivity index (χ2v) is 4.61. The third-order valence-electron chi connectivity index (χ3n) is 2.38. The fraction of sp³-hybridized carbons (Fsp3) is 0.0833. The molecular formula is C12H9BrN2O3. The first-order chi connectivity index (χ1) is 8.49. The Bertz CT molecular complexity index is 662. The minimum absolute atomic E-state index is 0.483. The second kappa shape index (κ2) is 4.73. The van der Waals surface area contributed by atoms with Gasteiger partial charge in [0.15, 0.2) is 0 Å². The molecule has 0 unspecified atom stereocenters. The van der Waals surface area contributed by atoms with Gasteiger partial charge in [0.1, 0.15) is 0 Å². The number of benzene rings is 1. The summed E-state index contributed by atoms with van der Waals surface area (Å²) in [5, 5.41) is 12.7. The van der Waals surface area contributed by atoms with Crippen molar-refractivity contribution in [2.75, 3.05) is 0 Å². The van der Waals surface area contributed by atoms with E-state index < -0.39 is 17.1 Å². The average molecular weight is 309 g/mol. The van der Waals surface area contributed by atoms with Crippen LogP contribution in [0.15, 0.2) is 39.6 Å². The Labute approximate surface area is 111 Å². The van der Waals surface area contributed by atoms with Gasteiger partial charge in [0.25, 0.3) is 0 Å². The Kier molecular flexibility index (Phi) is 3.29. The van der Waals surface area contributed by atoms with Crippen LogP contribution in [-0.4, -0.2) is 20.9 Å². The van der Waals surface area contributed by atoms with Crippen LogP contribution in [0.4, 0.5) is 0 Å². The lowest BCUT2D eigenvalue weighted by Crippen LogP contribution is -2.22. The fourth-order valence-electron chi connectivity index (χ4n) is 1.54. The van der Waals surface area contributed by atoms with Crippen molar-refractivity contribution in [1.29, 1.82) is 0 Å². The van der Waals surface area contributed by atoms with E-state index in [9.17, 15) is 9.59 Å². The maximum Gasteiger partial charge on any atom is 0.360 e. The lowest BCUT2D eigenvalue weighted by molar-refractivity contribution is 0.0686. The number of carboxylic acid groups (broad SMARTS) is 1. The number of rotatable bonds is 2. The molecule has 0 atom stereocenters. The summed E-state index contributed by atoms with van der Waals surface area (Å²) in [7, 11) is 0. The molecule has 0 amide bonds. The Morgan fingerprint density at radius 1 is 1.33 bits per heavy atom. The van der Waals surface area contributed by atoms with E-state index in [-0.39, 0.29) is 0 Å². The zero-order valence-electron chi connectivity index (χ0n) is 9.42. The summed E-state index contributed by atoms with van der Waals surface area (Å²) in [4.78, 5) is 22.3. The van der Waals surface area contributed by atoms with Crippen molar-refractivity contribution in [2.45, 2.75) is 6.92 Å². The van der Waals surface area contributed by atoms with E-state index in [1.54, 1.807) is 19.1 Å². The molecule has 0 aliphatic carbocycles. The summed E-state index contributed by atoms with van der Waals surface area (Å²) in [5.41, 5.74) is 0.197. The minimum atomic E-state index is -1.33. The number of hydrogen-bond acceptors (Lipinski definition) is 3. The van der Waals surface area contributed by atoms with Gasteiger partial charge in [-0.2, -0.15) is 5.10 Å². The predicted molar refractivity (Wildman–Crippen MR) is 69.2 cm³/mol. The van der Waals surface area contributed by atoms with Gasteiger partial charge < -0.3 is 5.11 Å². The van der Waals surface area contributed by atoms with Crippen LogP contribution in [0.2, 0.25) is 0 Å². The smallest absolute Gasteiger partial charge is 0.360 e. The monoisotopic (exact) mass is 308 g/mol. The molecule has 0 spiro atoms. The summed E-state index contributed by atoms with van der Waals surface area (Å²) in [6.07, 6.45) is 0. The fourth-order valence-corrected chi connectivity index (χ4v) is 1.80. The van der Waals surface area contributed by atoms with Crippen molar-refractivity contribution in [3.63, 3.8) is 0 Å². The highest BCUT2D eigenvalue weighted by molar-refractivity contribution is 9.10. The van der Waals surface area contributed by atoms with E-state index in [0.29, 0.717) is 11.4 Å². The highest BCUT2D eigenvalue weighted by atomic mass is 79.9. The van der Waals surface area contributed by atoms with Gasteiger partial charge in [0.2, 0.25) is 11.1 Å². The number of hydrogen-bond donors (Lipinski definition) is 1. The number of nitrogens with zero attached hydrogens (tertiary/aromatic N) is 2. The summed E-state index contributed by atoms with van der Waals surface area (Å²) >= 11 is 3.31. The molecule has 0 radical (unpaired) electrons. The van der Waals surface area contributed by atoms with Crippen LogP contribution in [0, 0.1) is 6.92 Å². The molecule has 0 aliphatic heterocycles. The highest BCUT2D eigenvalue weighted by Crippen LogP contribution is 2.14. The van der Waals surface area contributed by atoms with Gasteiger partial charge >= 0.3 is 5.97 Å². The number of aromatic carboxylic acids is 1. The van der Waals surface area contributed by atoms with Crippen LogP contribution in [0.25, 0.3) is 5.69 Å².